The molecule has 0 unspecified atom stereocenters. The number of aliphatic hydroxyl groups is 1. The number of rotatable bonds is 6. The molecule has 1 rings (SSSR count). The van der Waals surface area contributed by atoms with Crippen LogP contribution >= 0.6 is 11.6 Å². The predicted molar refractivity (Wildman–Crippen MR) is 63.5 cm³/mol. The molecule has 0 saturated heterocycles. The minimum Gasteiger partial charge on any atom is -0.396 e. The first-order chi connectivity index (χ1) is 7.24. The van der Waals surface area contributed by atoms with Crippen LogP contribution in [0.4, 0.5) is 5.82 Å². The highest BCUT2D eigenvalue weighted by Crippen LogP contribution is 2.13. The zero-order valence-electron chi connectivity index (χ0n) is 8.99. The predicted octanol–water partition coefficient (Wildman–Crippen LogP) is 2.33. The summed E-state index contributed by atoms with van der Waals surface area (Å²) in [4.78, 5) is 6.31. The van der Waals surface area contributed by atoms with Crippen LogP contribution in [0.3, 0.4) is 0 Å². The Hall–Kier alpha value is -0.800. The summed E-state index contributed by atoms with van der Waals surface area (Å²) in [6, 6.07) is 3.75. The topological polar surface area (TPSA) is 36.4 Å². The molecule has 3 nitrogen and oxygen atoms in total. The monoisotopic (exact) mass is 228 g/mol. The van der Waals surface area contributed by atoms with Gasteiger partial charge in [-0.1, -0.05) is 11.6 Å². The van der Waals surface area contributed by atoms with E-state index in [1.165, 1.54) is 0 Å². The highest BCUT2D eigenvalue weighted by atomic mass is 35.5. The van der Waals surface area contributed by atoms with Crippen LogP contribution in [0.15, 0.2) is 18.3 Å². The van der Waals surface area contributed by atoms with Gasteiger partial charge in [-0.25, -0.2) is 4.98 Å². The molecule has 0 spiro atoms. The van der Waals surface area contributed by atoms with Crippen LogP contribution in [0, 0.1) is 0 Å². The normalized spacial score (nSPS) is 10.3. The molecule has 0 aromatic carbocycles. The number of anilines is 1. The second-order valence-electron chi connectivity index (χ2n) is 3.54. The van der Waals surface area contributed by atoms with Gasteiger partial charge in [0, 0.05) is 26.4 Å². The summed E-state index contributed by atoms with van der Waals surface area (Å²) in [5, 5.41) is 9.30. The van der Waals surface area contributed by atoms with E-state index in [9.17, 15) is 0 Å². The van der Waals surface area contributed by atoms with Crippen LogP contribution in [0.25, 0.3) is 0 Å². The molecular weight excluding hydrogens is 212 g/mol. The highest BCUT2D eigenvalue weighted by molar-refractivity contribution is 6.30. The first kappa shape index (κ1) is 12.3. The van der Waals surface area contributed by atoms with Crippen LogP contribution < -0.4 is 4.90 Å². The van der Waals surface area contributed by atoms with Gasteiger partial charge < -0.3 is 10.0 Å². The van der Waals surface area contributed by atoms with Crippen molar-refractivity contribution >= 4 is 17.4 Å². The lowest BCUT2D eigenvalue weighted by molar-refractivity contribution is 0.283. The number of aliphatic hydroxyl groups excluding tert-OH is 1. The van der Waals surface area contributed by atoms with E-state index in [2.05, 4.69) is 9.88 Å². The summed E-state index contributed by atoms with van der Waals surface area (Å²) < 4.78 is 0. The second-order valence-corrected chi connectivity index (χ2v) is 3.98. The molecule has 15 heavy (non-hydrogen) atoms. The van der Waals surface area contributed by atoms with Gasteiger partial charge in [-0.3, -0.25) is 0 Å². The SMILES string of the molecule is CN(CCCCCO)c1ccc(Cl)cn1. The molecule has 0 bridgehead atoms. The average Bonchev–Trinajstić information content (AvgIpc) is 2.25. The molecule has 1 heterocycles. The van der Waals surface area contributed by atoms with E-state index in [0.29, 0.717) is 5.02 Å². The summed E-state index contributed by atoms with van der Waals surface area (Å²) in [6.07, 6.45) is 4.65. The summed E-state index contributed by atoms with van der Waals surface area (Å²) >= 11 is 5.75. The highest BCUT2D eigenvalue weighted by Gasteiger charge is 2.01. The van der Waals surface area contributed by atoms with E-state index in [1.54, 1.807) is 6.20 Å². The van der Waals surface area contributed by atoms with Crippen molar-refractivity contribution in [2.45, 2.75) is 19.3 Å². The van der Waals surface area contributed by atoms with Gasteiger partial charge in [-0.15, -0.1) is 0 Å². The molecule has 1 N–H and O–H groups in total. The molecule has 0 atom stereocenters. The van der Waals surface area contributed by atoms with Crippen molar-refractivity contribution in [2.75, 3.05) is 25.1 Å². The Morgan fingerprint density at radius 3 is 2.73 bits per heavy atom. The molecule has 0 radical (unpaired) electrons. The lowest BCUT2D eigenvalue weighted by Crippen LogP contribution is -2.19. The lowest BCUT2D eigenvalue weighted by Gasteiger charge is -2.17. The molecule has 4 heteroatoms. The fraction of sp³-hybridized carbons (Fsp3) is 0.545. The van der Waals surface area contributed by atoms with Gasteiger partial charge in [0.25, 0.3) is 0 Å². The van der Waals surface area contributed by atoms with Gasteiger partial charge in [0.1, 0.15) is 5.82 Å². The van der Waals surface area contributed by atoms with Gasteiger partial charge in [-0.05, 0) is 31.4 Å². The number of hydrogen-bond donors (Lipinski definition) is 1. The van der Waals surface area contributed by atoms with Crippen LogP contribution in [0.2, 0.25) is 5.02 Å². The van der Waals surface area contributed by atoms with Crippen molar-refractivity contribution in [3.8, 4) is 0 Å². The Morgan fingerprint density at radius 2 is 2.13 bits per heavy atom. The smallest absolute Gasteiger partial charge is 0.128 e. The van der Waals surface area contributed by atoms with Crippen molar-refractivity contribution in [1.82, 2.24) is 4.98 Å². The van der Waals surface area contributed by atoms with E-state index >= 15 is 0 Å². The largest absolute Gasteiger partial charge is 0.396 e. The number of pyridine rings is 1. The van der Waals surface area contributed by atoms with Gasteiger partial charge in [-0.2, -0.15) is 0 Å². The third kappa shape index (κ3) is 4.49. The molecule has 0 fully saturated rings. The summed E-state index contributed by atoms with van der Waals surface area (Å²) in [5.41, 5.74) is 0. The van der Waals surface area contributed by atoms with Crippen molar-refractivity contribution in [3.05, 3.63) is 23.4 Å². The number of halogens is 1. The van der Waals surface area contributed by atoms with Gasteiger partial charge in [0.2, 0.25) is 0 Å². The fourth-order valence-corrected chi connectivity index (χ4v) is 1.46. The molecule has 1 aromatic rings. The molecule has 0 aliphatic carbocycles. The molecule has 0 aliphatic heterocycles. The van der Waals surface area contributed by atoms with E-state index in [1.807, 2.05) is 19.2 Å². The minimum atomic E-state index is 0.281. The Kier molecular flexibility index (Phi) is 5.43. The average molecular weight is 229 g/mol. The fourth-order valence-electron chi connectivity index (χ4n) is 1.35. The molecule has 0 saturated carbocycles. The summed E-state index contributed by atoms with van der Waals surface area (Å²) in [6.45, 7) is 1.23. The maximum Gasteiger partial charge on any atom is 0.128 e. The Bertz CT molecular complexity index is 276. The first-order valence-electron chi connectivity index (χ1n) is 5.17. The third-order valence-corrected chi connectivity index (χ3v) is 2.48. The van der Waals surface area contributed by atoms with Gasteiger partial charge in [0.05, 0.1) is 5.02 Å². The van der Waals surface area contributed by atoms with E-state index < -0.39 is 0 Å². The lowest BCUT2D eigenvalue weighted by atomic mass is 10.2. The van der Waals surface area contributed by atoms with Gasteiger partial charge >= 0.3 is 0 Å². The second kappa shape index (κ2) is 6.64. The van der Waals surface area contributed by atoms with Crippen LogP contribution in [-0.4, -0.2) is 30.3 Å². The zero-order valence-corrected chi connectivity index (χ0v) is 9.74. The zero-order chi connectivity index (χ0) is 11.1. The van der Waals surface area contributed by atoms with Crippen molar-refractivity contribution in [3.63, 3.8) is 0 Å². The van der Waals surface area contributed by atoms with Crippen molar-refractivity contribution in [2.24, 2.45) is 0 Å². The molecule has 0 aliphatic rings. The summed E-state index contributed by atoms with van der Waals surface area (Å²) in [7, 11) is 2.01. The number of nitrogens with zero attached hydrogens (tertiary/aromatic N) is 2. The molecule has 1 aromatic heterocycles. The van der Waals surface area contributed by atoms with E-state index in [0.717, 1.165) is 31.6 Å². The Labute approximate surface area is 95.7 Å². The minimum absolute atomic E-state index is 0.281. The van der Waals surface area contributed by atoms with Crippen molar-refractivity contribution < 1.29 is 5.11 Å². The maximum atomic E-state index is 8.64. The van der Waals surface area contributed by atoms with E-state index in [-0.39, 0.29) is 6.61 Å². The third-order valence-electron chi connectivity index (χ3n) is 2.25. The molecular formula is C11H17ClN2O. The molecule has 0 amide bonds. The molecule has 84 valence electrons. The quantitative estimate of drug-likeness (QED) is 0.760. The van der Waals surface area contributed by atoms with Crippen LogP contribution in [0.5, 0.6) is 0 Å². The first-order valence-corrected chi connectivity index (χ1v) is 5.55. The number of hydrogen-bond acceptors (Lipinski definition) is 3. The number of unbranched alkanes of at least 4 members (excludes halogenated alkanes) is 2. The van der Waals surface area contributed by atoms with Crippen molar-refractivity contribution in [1.29, 1.82) is 0 Å². The standard InChI is InChI=1S/C11H17ClN2O/c1-14(7-3-2-4-8-15)11-6-5-10(12)9-13-11/h5-6,9,15H,2-4,7-8H2,1H3. The van der Waals surface area contributed by atoms with Crippen LogP contribution in [-0.2, 0) is 0 Å². The Balaban J connectivity index is 2.33. The van der Waals surface area contributed by atoms with E-state index in [4.69, 9.17) is 16.7 Å². The van der Waals surface area contributed by atoms with Gasteiger partial charge in [0.15, 0.2) is 0 Å². The Morgan fingerprint density at radius 1 is 1.33 bits per heavy atom. The van der Waals surface area contributed by atoms with Crippen LogP contribution in [0.1, 0.15) is 19.3 Å². The summed E-state index contributed by atoms with van der Waals surface area (Å²) in [5.74, 6) is 0.934. The maximum absolute atomic E-state index is 8.64. The number of aromatic nitrogens is 1.